The van der Waals surface area contributed by atoms with Gasteiger partial charge >= 0.3 is 0 Å². The average molecular weight is 308 g/mol. The molecule has 2 aliphatic rings. The van der Waals surface area contributed by atoms with E-state index >= 15 is 0 Å². The van der Waals surface area contributed by atoms with Gasteiger partial charge in [-0.2, -0.15) is 0 Å². The van der Waals surface area contributed by atoms with Crippen molar-refractivity contribution >= 4 is 22.6 Å². The molecular weight excluding hydrogens is 287 g/mol. The molecule has 0 spiro atoms. The molecule has 0 N–H and O–H groups in total. The van der Waals surface area contributed by atoms with E-state index in [0.717, 1.165) is 9.97 Å². The van der Waals surface area contributed by atoms with Crippen molar-refractivity contribution in [1.29, 1.82) is 0 Å². The molecule has 1 heterocycles. The number of piperazine rings is 1. The molecule has 2 atom stereocenters. The Labute approximate surface area is 101 Å². The maximum Gasteiger partial charge on any atom is 0.0265 e. The zero-order chi connectivity index (χ0) is 9.97. The first-order chi connectivity index (χ1) is 6.77. The summed E-state index contributed by atoms with van der Waals surface area (Å²) in [4.78, 5) is 5.18. The van der Waals surface area contributed by atoms with E-state index in [2.05, 4.69) is 39.4 Å². The molecule has 2 rings (SSSR count). The molecule has 14 heavy (non-hydrogen) atoms. The van der Waals surface area contributed by atoms with E-state index in [0.29, 0.717) is 0 Å². The van der Waals surface area contributed by atoms with Crippen LogP contribution in [0.15, 0.2) is 0 Å². The van der Waals surface area contributed by atoms with Gasteiger partial charge in [-0.25, -0.2) is 0 Å². The molecule has 0 unspecified atom stereocenters. The predicted octanol–water partition coefficient (Wildman–Crippen LogP) is 1.98. The minimum Gasteiger partial charge on any atom is -0.304 e. The van der Waals surface area contributed by atoms with Crippen LogP contribution in [0.4, 0.5) is 0 Å². The molecule has 1 saturated heterocycles. The Balaban J connectivity index is 1.87. The van der Waals surface area contributed by atoms with Crippen LogP contribution in [-0.2, 0) is 0 Å². The standard InChI is InChI=1S/C11H21IN2/c1-13-6-8-14(9-7-13)11-5-3-2-4-10(11)12/h10-11H,2-9H2,1H3/t10-,11+/m0/s1. The van der Waals surface area contributed by atoms with E-state index in [-0.39, 0.29) is 0 Å². The second kappa shape index (κ2) is 5.12. The van der Waals surface area contributed by atoms with Crippen molar-refractivity contribution in [2.75, 3.05) is 33.2 Å². The average Bonchev–Trinajstić information content (AvgIpc) is 2.20. The van der Waals surface area contributed by atoms with Gasteiger partial charge in [0.15, 0.2) is 0 Å². The smallest absolute Gasteiger partial charge is 0.0265 e. The van der Waals surface area contributed by atoms with Crippen molar-refractivity contribution in [1.82, 2.24) is 9.80 Å². The SMILES string of the molecule is CN1CCN([C@@H]2CCCC[C@@H]2I)CC1. The second-order valence-electron chi connectivity index (χ2n) is 4.71. The summed E-state index contributed by atoms with van der Waals surface area (Å²) >= 11 is 2.67. The van der Waals surface area contributed by atoms with Gasteiger partial charge in [-0.05, 0) is 19.9 Å². The van der Waals surface area contributed by atoms with Gasteiger partial charge in [0.1, 0.15) is 0 Å². The van der Waals surface area contributed by atoms with E-state index in [9.17, 15) is 0 Å². The van der Waals surface area contributed by atoms with Crippen LogP contribution in [0.2, 0.25) is 0 Å². The van der Waals surface area contributed by atoms with Gasteiger partial charge in [-0.1, -0.05) is 35.4 Å². The number of likely N-dealkylation sites (N-methyl/N-ethyl adjacent to an activating group) is 1. The lowest BCUT2D eigenvalue weighted by molar-refractivity contribution is 0.0971. The third-order valence-electron chi connectivity index (χ3n) is 3.65. The fourth-order valence-corrected chi connectivity index (χ4v) is 3.89. The van der Waals surface area contributed by atoms with Gasteiger partial charge in [0.2, 0.25) is 0 Å². The Kier molecular flexibility index (Phi) is 4.08. The van der Waals surface area contributed by atoms with Crippen LogP contribution in [0.1, 0.15) is 25.7 Å². The summed E-state index contributed by atoms with van der Waals surface area (Å²) in [6.07, 6.45) is 5.79. The topological polar surface area (TPSA) is 6.48 Å². The molecule has 3 heteroatoms. The molecule has 1 aliphatic carbocycles. The van der Waals surface area contributed by atoms with Gasteiger partial charge in [0.25, 0.3) is 0 Å². The molecule has 0 aromatic carbocycles. The predicted molar refractivity (Wildman–Crippen MR) is 69.1 cm³/mol. The number of nitrogens with zero attached hydrogens (tertiary/aromatic N) is 2. The fraction of sp³-hybridized carbons (Fsp3) is 1.00. The number of rotatable bonds is 1. The van der Waals surface area contributed by atoms with Crippen molar-refractivity contribution in [3.8, 4) is 0 Å². The first kappa shape index (κ1) is 11.1. The minimum absolute atomic E-state index is 0.887. The van der Waals surface area contributed by atoms with Gasteiger partial charge in [-0.3, -0.25) is 4.90 Å². The summed E-state index contributed by atoms with van der Waals surface area (Å²) < 4.78 is 0.907. The summed E-state index contributed by atoms with van der Waals surface area (Å²) in [5.74, 6) is 0. The van der Waals surface area contributed by atoms with Crippen LogP contribution in [0.3, 0.4) is 0 Å². The van der Waals surface area contributed by atoms with E-state index in [1.54, 1.807) is 0 Å². The fourth-order valence-electron chi connectivity index (χ4n) is 2.63. The highest BCUT2D eigenvalue weighted by molar-refractivity contribution is 14.1. The zero-order valence-corrected chi connectivity index (χ0v) is 11.2. The lowest BCUT2D eigenvalue weighted by atomic mass is 9.94. The van der Waals surface area contributed by atoms with Gasteiger partial charge in [0, 0.05) is 36.1 Å². The molecule has 0 bridgehead atoms. The molecule has 2 nitrogen and oxygen atoms in total. The lowest BCUT2D eigenvalue weighted by Gasteiger charge is -2.41. The first-order valence-corrected chi connectivity index (χ1v) is 7.08. The van der Waals surface area contributed by atoms with Crippen LogP contribution in [0.5, 0.6) is 0 Å². The maximum atomic E-state index is 2.73. The van der Waals surface area contributed by atoms with Crippen LogP contribution < -0.4 is 0 Å². The van der Waals surface area contributed by atoms with Gasteiger partial charge in [0.05, 0.1) is 0 Å². The molecule has 0 aromatic rings. The molecule has 0 amide bonds. The molecule has 0 radical (unpaired) electrons. The van der Waals surface area contributed by atoms with Crippen LogP contribution in [0.25, 0.3) is 0 Å². The Hall–Kier alpha value is 0.650. The van der Waals surface area contributed by atoms with Crippen molar-refractivity contribution in [2.24, 2.45) is 0 Å². The van der Waals surface area contributed by atoms with E-state index in [4.69, 9.17) is 0 Å². The molecule has 82 valence electrons. The highest BCUT2D eigenvalue weighted by Crippen LogP contribution is 2.29. The normalized spacial score (nSPS) is 37.3. The second-order valence-corrected chi connectivity index (χ2v) is 6.31. The van der Waals surface area contributed by atoms with Crippen LogP contribution in [0, 0.1) is 0 Å². The molecule has 2 fully saturated rings. The molecular formula is C11H21IN2. The zero-order valence-electron chi connectivity index (χ0n) is 9.08. The summed E-state index contributed by atoms with van der Waals surface area (Å²) in [6, 6.07) is 0.887. The molecule has 1 aliphatic heterocycles. The number of alkyl halides is 1. The number of halogens is 1. The quantitative estimate of drug-likeness (QED) is 0.540. The van der Waals surface area contributed by atoms with E-state index in [1.165, 1.54) is 51.9 Å². The third kappa shape index (κ3) is 2.61. The highest BCUT2D eigenvalue weighted by atomic mass is 127. The lowest BCUT2D eigenvalue weighted by Crippen LogP contribution is -2.52. The highest BCUT2D eigenvalue weighted by Gasteiger charge is 2.29. The monoisotopic (exact) mass is 308 g/mol. The van der Waals surface area contributed by atoms with Crippen molar-refractivity contribution in [2.45, 2.75) is 35.6 Å². The van der Waals surface area contributed by atoms with E-state index in [1.807, 2.05) is 0 Å². The maximum absolute atomic E-state index is 2.73. The Morgan fingerprint density at radius 3 is 2.29 bits per heavy atom. The summed E-state index contributed by atoms with van der Waals surface area (Å²) in [6.45, 7) is 5.11. The Bertz CT molecular complexity index is 178. The summed E-state index contributed by atoms with van der Waals surface area (Å²) in [5.41, 5.74) is 0. The Morgan fingerprint density at radius 2 is 1.64 bits per heavy atom. The first-order valence-electron chi connectivity index (χ1n) is 5.84. The van der Waals surface area contributed by atoms with Crippen molar-refractivity contribution in [3.63, 3.8) is 0 Å². The van der Waals surface area contributed by atoms with Crippen LogP contribution in [-0.4, -0.2) is 53.0 Å². The third-order valence-corrected chi connectivity index (χ3v) is 5.11. The van der Waals surface area contributed by atoms with E-state index < -0.39 is 0 Å². The summed E-state index contributed by atoms with van der Waals surface area (Å²) in [5, 5.41) is 0. The molecule has 0 aromatic heterocycles. The Morgan fingerprint density at radius 1 is 1.00 bits per heavy atom. The van der Waals surface area contributed by atoms with Gasteiger partial charge < -0.3 is 4.90 Å². The minimum atomic E-state index is 0.887. The van der Waals surface area contributed by atoms with Crippen molar-refractivity contribution in [3.05, 3.63) is 0 Å². The van der Waals surface area contributed by atoms with Crippen LogP contribution >= 0.6 is 22.6 Å². The largest absolute Gasteiger partial charge is 0.304 e. The van der Waals surface area contributed by atoms with Gasteiger partial charge in [-0.15, -0.1) is 0 Å². The van der Waals surface area contributed by atoms with Crippen molar-refractivity contribution < 1.29 is 0 Å². The molecule has 1 saturated carbocycles. The number of hydrogen-bond acceptors (Lipinski definition) is 2. The summed E-state index contributed by atoms with van der Waals surface area (Å²) in [7, 11) is 2.24. The number of hydrogen-bond donors (Lipinski definition) is 0.